The number of nitrogens with zero attached hydrogens (tertiary/aromatic N) is 2. The van der Waals surface area contributed by atoms with Gasteiger partial charge in [0.15, 0.2) is 0 Å². The van der Waals surface area contributed by atoms with E-state index in [1.807, 2.05) is 0 Å². The molecule has 1 aromatic heterocycles. The highest BCUT2D eigenvalue weighted by Gasteiger charge is 2.17. The van der Waals surface area contributed by atoms with Gasteiger partial charge in [0, 0.05) is 11.8 Å². The highest BCUT2D eigenvalue weighted by molar-refractivity contribution is 7.80. The average Bonchev–Trinajstić information content (AvgIpc) is 2.46. The zero-order valence-electron chi connectivity index (χ0n) is 11.2. The standard InChI is InChI=1S/C12H15N3O4S/c1-18-10(16)6-15(7-11(17)19-2)9-4-3-8(5-14-9)12(13)20/h3-5H,6-7H2,1-2H3,(H2,13,20). The van der Waals surface area contributed by atoms with Gasteiger partial charge in [-0.3, -0.25) is 9.59 Å². The molecule has 20 heavy (non-hydrogen) atoms. The van der Waals surface area contributed by atoms with Gasteiger partial charge in [0.05, 0.1) is 14.2 Å². The molecule has 0 aliphatic heterocycles. The number of methoxy groups -OCH3 is 2. The number of rotatable bonds is 6. The maximum Gasteiger partial charge on any atom is 0.325 e. The molecule has 0 bridgehead atoms. The summed E-state index contributed by atoms with van der Waals surface area (Å²) in [6, 6.07) is 3.27. The maximum atomic E-state index is 11.4. The van der Waals surface area contributed by atoms with Gasteiger partial charge < -0.3 is 20.1 Å². The number of carbonyl (C=O) groups is 2. The number of thiocarbonyl (C=S) groups is 1. The first kappa shape index (κ1) is 15.8. The molecule has 0 spiro atoms. The fourth-order valence-corrected chi connectivity index (χ4v) is 1.50. The van der Waals surface area contributed by atoms with Gasteiger partial charge in [-0.15, -0.1) is 0 Å². The zero-order chi connectivity index (χ0) is 15.1. The molecule has 0 radical (unpaired) electrons. The van der Waals surface area contributed by atoms with Crippen LogP contribution in [0.3, 0.4) is 0 Å². The molecule has 1 aromatic rings. The maximum absolute atomic E-state index is 11.4. The van der Waals surface area contributed by atoms with Crippen LogP contribution in [0.25, 0.3) is 0 Å². The first-order valence-electron chi connectivity index (χ1n) is 5.62. The van der Waals surface area contributed by atoms with E-state index < -0.39 is 11.9 Å². The summed E-state index contributed by atoms with van der Waals surface area (Å²) in [6.45, 7) is -0.240. The van der Waals surface area contributed by atoms with Crippen LogP contribution < -0.4 is 10.6 Å². The van der Waals surface area contributed by atoms with Crippen molar-refractivity contribution in [3.05, 3.63) is 23.9 Å². The third-order valence-corrected chi connectivity index (χ3v) is 2.69. The minimum absolute atomic E-state index is 0.120. The SMILES string of the molecule is COC(=O)CN(CC(=O)OC)c1ccc(C(N)=S)cn1. The molecule has 0 saturated carbocycles. The fraction of sp³-hybridized carbons (Fsp3) is 0.333. The van der Waals surface area contributed by atoms with Crippen molar-refractivity contribution in [2.45, 2.75) is 0 Å². The van der Waals surface area contributed by atoms with Crippen LogP contribution in [0, 0.1) is 0 Å². The highest BCUT2D eigenvalue weighted by Crippen LogP contribution is 2.11. The number of pyridine rings is 1. The van der Waals surface area contributed by atoms with Gasteiger partial charge in [-0.2, -0.15) is 0 Å². The van der Waals surface area contributed by atoms with Crippen LogP contribution in [-0.4, -0.2) is 49.2 Å². The summed E-state index contributed by atoms with van der Waals surface area (Å²) < 4.78 is 9.16. The Kier molecular flexibility index (Phi) is 5.85. The Bertz CT molecular complexity index is 486. The molecule has 108 valence electrons. The molecular weight excluding hydrogens is 282 g/mol. The number of esters is 2. The number of anilines is 1. The minimum atomic E-state index is -0.492. The lowest BCUT2D eigenvalue weighted by Crippen LogP contribution is -2.36. The van der Waals surface area contributed by atoms with E-state index >= 15 is 0 Å². The van der Waals surface area contributed by atoms with Gasteiger partial charge in [0.2, 0.25) is 0 Å². The summed E-state index contributed by atoms with van der Waals surface area (Å²) >= 11 is 4.82. The van der Waals surface area contributed by atoms with Gasteiger partial charge in [0.1, 0.15) is 23.9 Å². The largest absolute Gasteiger partial charge is 0.468 e. The molecule has 0 aliphatic carbocycles. The van der Waals surface area contributed by atoms with E-state index in [4.69, 9.17) is 18.0 Å². The summed E-state index contributed by atoms with van der Waals surface area (Å²) in [6.07, 6.45) is 1.47. The lowest BCUT2D eigenvalue weighted by molar-refractivity contribution is -0.140. The van der Waals surface area contributed by atoms with Gasteiger partial charge in [-0.1, -0.05) is 12.2 Å². The van der Waals surface area contributed by atoms with Gasteiger partial charge in [-0.05, 0) is 12.1 Å². The van der Waals surface area contributed by atoms with E-state index in [1.54, 1.807) is 12.1 Å². The molecule has 0 fully saturated rings. The second kappa shape index (κ2) is 7.39. The van der Waals surface area contributed by atoms with Crippen molar-refractivity contribution in [1.82, 2.24) is 4.98 Å². The summed E-state index contributed by atoms with van der Waals surface area (Å²) in [5, 5.41) is 0. The van der Waals surface area contributed by atoms with Gasteiger partial charge >= 0.3 is 11.9 Å². The van der Waals surface area contributed by atoms with Crippen molar-refractivity contribution < 1.29 is 19.1 Å². The zero-order valence-corrected chi connectivity index (χ0v) is 12.0. The van der Waals surface area contributed by atoms with E-state index in [2.05, 4.69) is 14.5 Å². The number of hydrogen-bond donors (Lipinski definition) is 1. The Labute approximate surface area is 121 Å². The quantitative estimate of drug-likeness (QED) is 0.573. The predicted molar refractivity (Wildman–Crippen MR) is 76.4 cm³/mol. The fourth-order valence-electron chi connectivity index (χ4n) is 1.38. The molecular formula is C12H15N3O4S. The van der Waals surface area contributed by atoms with Crippen LogP contribution in [-0.2, 0) is 19.1 Å². The van der Waals surface area contributed by atoms with Crippen molar-refractivity contribution in [2.75, 3.05) is 32.2 Å². The summed E-state index contributed by atoms with van der Waals surface area (Å²) in [4.78, 5) is 28.5. The predicted octanol–water partition coefficient (Wildman–Crippen LogP) is -0.132. The molecule has 1 rings (SSSR count). The second-order valence-electron chi connectivity index (χ2n) is 3.78. The Morgan fingerprint density at radius 1 is 1.25 bits per heavy atom. The van der Waals surface area contributed by atoms with E-state index in [-0.39, 0.29) is 18.1 Å². The van der Waals surface area contributed by atoms with E-state index in [9.17, 15) is 9.59 Å². The van der Waals surface area contributed by atoms with Crippen molar-refractivity contribution >= 4 is 35.0 Å². The van der Waals surface area contributed by atoms with Crippen LogP contribution in [0.15, 0.2) is 18.3 Å². The van der Waals surface area contributed by atoms with Gasteiger partial charge in [-0.25, -0.2) is 4.98 Å². The van der Waals surface area contributed by atoms with Crippen LogP contribution in [0.2, 0.25) is 0 Å². The van der Waals surface area contributed by atoms with E-state index in [0.29, 0.717) is 11.4 Å². The topological polar surface area (TPSA) is 94.8 Å². The molecule has 1 heterocycles. The molecule has 0 unspecified atom stereocenters. The third kappa shape index (κ3) is 4.47. The monoisotopic (exact) mass is 297 g/mol. The van der Waals surface area contributed by atoms with E-state index in [0.717, 1.165) is 0 Å². The molecule has 0 amide bonds. The number of ether oxygens (including phenoxy) is 2. The van der Waals surface area contributed by atoms with Crippen LogP contribution in [0.5, 0.6) is 0 Å². The van der Waals surface area contributed by atoms with Crippen molar-refractivity contribution in [3.63, 3.8) is 0 Å². The average molecular weight is 297 g/mol. The van der Waals surface area contributed by atoms with E-state index in [1.165, 1.54) is 25.3 Å². The van der Waals surface area contributed by atoms with Crippen LogP contribution in [0.4, 0.5) is 5.82 Å². The van der Waals surface area contributed by atoms with Crippen molar-refractivity contribution in [2.24, 2.45) is 5.73 Å². The number of carbonyl (C=O) groups excluding carboxylic acids is 2. The molecule has 8 heteroatoms. The molecule has 0 aliphatic rings. The summed E-state index contributed by atoms with van der Waals surface area (Å²) in [7, 11) is 2.53. The molecule has 0 saturated heterocycles. The van der Waals surface area contributed by atoms with Crippen LogP contribution in [0.1, 0.15) is 5.56 Å². The Morgan fingerprint density at radius 3 is 2.15 bits per heavy atom. The lowest BCUT2D eigenvalue weighted by Gasteiger charge is -2.21. The Morgan fingerprint density at radius 2 is 1.80 bits per heavy atom. The summed E-state index contributed by atoms with van der Waals surface area (Å²) in [5.41, 5.74) is 6.07. The number of nitrogens with two attached hydrogens (primary N) is 1. The smallest absolute Gasteiger partial charge is 0.325 e. The summed E-state index contributed by atoms with van der Waals surface area (Å²) in [5.74, 6) is -0.566. The van der Waals surface area contributed by atoms with Crippen molar-refractivity contribution in [1.29, 1.82) is 0 Å². The van der Waals surface area contributed by atoms with Crippen molar-refractivity contribution in [3.8, 4) is 0 Å². The molecule has 2 N–H and O–H groups in total. The molecule has 0 aromatic carbocycles. The Balaban J connectivity index is 2.93. The number of aromatic nitrogens is 1. The second-order valence-corrected chi connectivity index (χ2v) is 4.22. The first-order chi connectivity index (χ1) is 9.47. The highest BCUT2D eigenvalue weighted by atomic mass is 32.1. The molecule has 0 atom stereocenters. The number of hydrogen-bond acceptors (Lipinski definition) is 7. The minimum Gasteiger partial charge on any atom is -0.468 e. The normalized spacial score (nSPS) is 9.70. The third-order valence-electron chi connectivity index (χ3n) is 2.45. The van der Waals surface area contributed by atoms with Crippen LogP contribution >= 0.6 is 12.2 Å². The van der Waals surface area contributed by atoms with Gasteiger partial charge in [0.25, 0.3) is 0 Å². The first-order valence-corrected chi connectivity index (χ1v) is 6.03. The lowest BCUT2D eigenvalue weighted by atomic mass is 10.3. The molecule has 7 nitrogen and oxygen atoms in total. The Hall–Kier alpha value is -2.22.